The van der Waals surface area contributed by atoms with Crippen LogP contribution in [0.15, 0.2) is 0 Å². The quantitative estimate of drug-likeness (QED) is 0.370. The molecule has 0 saturated carbocycles. The Morgan fingerprint density at radius 3 is 2.06 bits per heavy atom. The predicted molar refractivity (Wildman–Crippen MR) is 75.8 cm³/mol. The molecule has 3 nitrogen and oxygen atoms in total. The Hall–Kier alpha value is -0.120. The van der Waals surface area contributed by atoms with Crippen molar-refractivity contribution in [3.05, 3.63) is 0 Å². The smallest absolute Gasteiger partial charge is 0.159 e. The molecule has 0 saturated heterocycles. The van der Waals surface area contributed by atoms with Gasteiger partial charge in [-0.3, -0.25) is 0 Å². The molecule has 0 aromatic carbocycles. The molecule has 0 aliphatic carbocycles. The van der Waals surface area contributed by atoms with E-state index in [-0.39, 0.29) is 6.29 Å². The number of ether oxygens (including phenoxy) is 3. The molecule has 110 valence electrons. The van der Waals surface area contributed by atoms with Gasteiger partial charge in [0.05, 0.1) is 6.61 Å². The fraction of sp³-hybridized carbons (Fsp3) is 1.00. The largest absolute Gasteiger partial charge is 0.381 e. The Morgan fingerprint density at radius 1 is 0.889 bits per heavy atom. The van der Waals surface area contributed by atoms with Crippen molar-refractivity contribution >= 4 is 0 Å². The van der Waals surface area contributed by atoms with E-state index in [1.807, 2.05) is 13.8 Å². The maximum absolute atomic E-state index is 5.75. The van der Waals surface area contributed by atoms with Gasteiger partial charge in [-0.15, -0.1) is 0 Å². The van der Waals surface area contributed by atoms with Crippen LogP contribution in [0.1, 0.15) is 59.8 Å². The molecule has 0 rings (SSSR count). The summed E-state index contributed by atoms with van der Waals surface area (Å²) < 4.78 is 16.7. The molecule has 0 amide bonds. The highest BCUT2D eigenvalue weighted by Gasteiger charge is 2.09. The van der Waals surface area contributed by atoms with Crippen molar-refractivity contribution in [3.8, 4) is 0 Å². The Bertz CT molecular complexity index is 156. The van der Waals surface area contributed by atoms with Gasteiger partial charge < -0.3 is 14.2 Å². The van der Waals surface area contributed by atoms with Crippen molar-refractivity contribution < 1.29 is 14.2 Å². The SMILES string of the molecule is CCCCC(CC)COCCC(OCC)OCC. The lowest BCUT2D eigenvalue weighted by Gasteiger charge is -2.18. The van der Waals surface area contributed by atoms with E-state index in [0.29, 0.717) is 19.1 Å². The highest BCUT2D eigenvalue weighted by atomic mass is 16.7. The third-order valence-corrected chi connectivity index (χ3v) is 3.10. The summed E-state index contributed by atoms with van der Waals surface area (Å²) in [5, 5.41) is 0. The van der Waals surface area contributed by atoms with Crippen molar-refractivity contribution in [2.24, 2.45) is 5.92 Å². The first-order valence-electron chi connectivity index (χ1n) is 7.59. The third kappa shape index (κ3) is 9.86. The summed E-state index contributed by atoms with van der Waals surface area (Å²) in [5.74, 6) is 0.711. The molecular weight excluding hydrogens is 228 g/mol. The minimum Gasteiger partial charge on any atom is -0.381 e. The fourth-order valence-corrected chi connectivity index (χ4v) is 1.91. The predicted octanol–water partition coefficient (Wildman–Crippen LogP) is 4.01. The van der Waals surface area contributed by atoms with Crippen LogP contribution in [0.25, 0.3) is 0 Å². The van der Waals surface area contributed by atoms with Gasteiger partial charge in [0.25, 0.3) is 0 Å². The average Bonchev–Trinajstić information content (AvgIpc) is 2.38. The molecule has 0 radical (unpaired) electrons. The van der Waals surface area contributed by atoms with Crippen molar-refractivity contribution in [2.45, 2.75) is 66.1 Å². The van der Waals surface area contributed by atoms with E-state index in [0.717, 1.165) is 19.6 Å². The van der Waals surface area contributed by atoms with Crippen LogP contribution in [0, 0.1) is 5.92 Å². The number of unbranched alkanes of at least 4 members (excludes halogenated alkanes) is 1. The van der Waals surface area contributed by atoms with Crippen LogP contribution >= 0.6 is 0 Å². The molecule has 1 atom stereocenters. The van der Waals surface area contributed by atoms with E-state index in [9.17, 15) is 0 Å². The summed E-state index contributed by atoms with van der Waals surface area (Å²) in [6.07, 6.45) is 5.80. The van der Waals surface area contributed by atoms with E-state index in [1.54, 1.807) is 0 Å². The Kier molecular flexibility index (Phi) is 13.2. The van der Waals surface area contributed by atoms with Crippen LogP contribution in [0.2, 0.25) is 0 Å². The molecule has 0 bridgehead atoms. The second-order valence-corrected chi connectivity index (χ2v) is 4.62. The molecule has 0 spiro atoms. The molecule has 0 heterocycles. The van der Waals surface area contributed by atoms with Gasteiger partial charge in [0.1, 0.15) is 0 Å². The van der Waals surface area contributed by atoms with Crippen LogP contribution in [0.3, 0.4) is 0 Å². The standard InChI is InChI=1S/C15H32O3/c1-5-9-10-14(6-2)13-16-12-11-15(17-7-3)18-8-4/h14-15H,5-13H2,1-4H3. The monoisotopic (exact) mass is 260 g/mol. The zero-order valence-electron chi connectivity index (χ0n) is 12.7. The summed E-state index contributed by atoms with van der Waals surface area (Å²) in [6.45, 7) is 11.5. The summed E-state index contributed by atoms with van der Waals surface area (Å²) in [6, 6.07) is 0. The summed E-state index contributed by atoms with van der Waals surface area (Å²) in [7, 11) is 0. The van der Waals surface area contributed by atoms with Crippen LogP contribution in [0.5, 0.6) is 0 Å². The average molecular weight is 260 g/mol. The zero-order valence-corrected chi connectivity index (χ0v) is 12.7. The van der Waals surface area contributed by atoms with Gasteiger partial charge in [-0.25, -0.2) is 0 Å². The molecule has 0 aliphatic rings. The zero-order chi connectivity index (χ0) is 13.6. The molecule has 1 unspecified atom stereocenters. The molecule has 0 aromatic heterocycles. The molecule has 0 aromatic rings. The molecule has 3 heteroatoms. The molecule has 18 heavy (non-hydrogen) atoms. The lowest BCUT2D eigenvalue weighted by Crippen LogP contribution is -2.20. The van der Waals surface area contributed by atoms with Crippen molar-refractivity contribution in [1.29, 1.82) is 0 Å². The molecule has 0 aliphatic heterocycles. The summed E-state index contributed by atoms with van der Waals surface area (Å²) >= 11 is 0. The van der Waals surface area contributed by atoms with E-state index in [2.05, 4.69) is 13.8 Å². The normalized spacial score (nSPS) is 13.2. The Labute approximate surface area is 113 Å². The van der Waals surface area contributed by atoms with E-state index in [4.69, 9.17) is 14.2 Å². The van der Waals surface area contributed by atoms with Gasteiger partial charge in [-0.05, 0) is 26.2 Å². The van der Waals surface area contributed by atoms with Gasteiger partial charge in [-0.1, -0.05) is 33.1 Å². The Morgan fingerprint density at radius 2 is 1.56 bits per heavy atom. The van der Waals surface area contributed by atoms with Crippen molar-refractivity contribution in [2.75, 3.05) is 26.4 Å². The summed E-state index contributed by atoms with van der Waals surface area (Å²) in [5.41, 5.74) is 0. The van der Waals surface area contributed by atoms with Gasteiger partial charge in [0, 0.05) is 26.2 Å². The number of hydrogen-bond donors (Lipinski definition) is 0. The minimum absolute atomic E-state index is 0.101. The van der Waals surface area contributed by atoms with Crippen LogP contribution in [-0.4, -0.2) is 32.7 Å². The maximum Gasteiger partial charge on any atom is 0.159 e. The van der Waals surface area contributed by atoms with Crippen LogP contribution < -0.4 is 0 Å². The minimum atomic E-state index is -0.101. The lowest BCUT2D eigenvalue weighted by atomic mass is 10.0. The highest BCUT2D eigenvalue weighted by molar-refractivity contribution is 4.56. The van der Waals surface area contributed by atoms with E-state index >= 15 is 0 Å². The molecule has 0 fully saturated rings. The summed E-state index contributed by atoms with van der Waals surface area (Å²) in [4.78, 5) is 0. The van der Waals surface area contributed by atoms with Crippen LogP contribution in [0.4, 0.5) is 0 Å². The van der Waals surface area contributed by atoms with Gasteiger partial charge in [-0.2, -0.15) is 0 Å². The number of hydrogen-bond acceptors (Lipinski definition) is 3. The fourth-order valence-electron chi connectivity index (χ4n) is 1.91. The van der Waals surface area contributed by atoms with Crippen LogP contribution in [-0.2, 0) is 14.2 Å². The third-order valence-electron chi connectivity index (χ3n) is 3.10. The first-order valence-corrected chi connectivity index (χ1v) is 7.59. The van der Waals surface area contributed by atoms with Crippen molar-refractivity contribution in [1.82, 2.24) is 0 Å². The second kappa shape index (κ2) is 13.3. The lowest BCUT2D eigenvalue weighted by molar-refractivity contribution is -0.147. The van der Waals surface area contributed by atoms with E-state index < -0.39 is 0 Å². The van der Waals surface area contributed by atoms with Gasteiger partial charge >= 0.3 is 0 Å². The molecular formula is C15H32O3. The highest BCUT2D eigenvalue weighted by Crippen LogP contribution is 2.13. The van der Waals surface area contributed by atoms with Gasteiger partial charge in [0.2, 0.25) is 0 Å². The molecule has 0 N–H and O–H groups in total. The first-order chi connectivity index (χ1) is 8.78. The van der Waals surface area contributed by atoms with Gasteiger partial charge in [0.15, 0.2) is 6.29 Å². The number of rotatable bonds is 13. The maximum atomic E-state index is 5.75. The Balaban J connectivity index is 3.60. The first kappa shape index (κ1) is 17.9. The van der Waals surface area contributed by atoms with E-state index in [1.165, 1.54) is 25.7 Å². The topological polar surface area (TPSA) is 27.7 Å². The second-order valence-electron chi connectivity index (χ2n) is 4.62. The van der Waals surface area contributed by atoms with Crippen molar-refractivity contribution in [3.63, 3.8) is 0 Å².